The number of aliphatic hydroxyl groups excluding tert-OH is 1. The zero-order chi connectivity index (χ0) is 29.4. The van der Waals surface area contributed by atoms with E-state index in [1.165, 1.54) is 0 Å². The molecular weight excluding hydrogens is 525 g/mol. The van der Waals surface area contributed by atoms with Gasteiger partial charge in [0.15, 0.2) is 8.32 Å². The summed E-state index contributed by atoms with van der Waals surface area (Å²) in [7, 11) is -2.16. The zero-order valence-corrected chi connectivity index (χ0v) is 27.6. The molecule has 0 aromatic heterocycles. The Balaban J connectivity index is 2.00. The van der Waals surface area contributed by atoms with Gasteiger partial charge in [0.05, 0.1) is 31.5 Å². The van der Waals surface area contributed by atoms with Gasteiger partial charge in [-0.2, -0.15) is 11.8 Å². The number of aryl methyl sites for hydroxylation is 1. The maximum Gasteiger partial charge on any atom is 0.216 e. The van der Waals surface area contributed by atoms with Crippen molar-refractivity contribution in [3.05, 3.63) is 52.6 Å². The normalized spacial score (nSPS) is 18.7. The van der Waals surface area contributed by atoms with Gasteiger partial charge < -0.3 is 19.0 Å². The molecule has 0 spiro atoms. The van der Waals surface area contributed by atoms with Crippen LogP contribution < -0.4 is 4.74 Å². The van der Waals surface area contributed by atoms with E-state index in [-0.39, 0.29) is 41.5 Å². The minimum Gasteiger partial charge on any atom is -0.473 e. The minimum atomic E-state index is -2.16. The summed E-state index contributed by atoms with van der Waals surface area (Å²) in [6.45, 7) is 23.9. The highest BCUT2D eigenvalue weighted by Gasteiger charge is 2.52. The van der Waals surface area contributed by atoms with Gasteiger partial charge >= 0.3 is 0 Å². The predicted molar refractivity (Wildman–Crippen MR) is 166 cm³/mol. The fraction of sp³-hybridized carbons (Fsp3) is 0.594. The Hall–Kier alpha value is -1.64. The molecule has 2 aromatic rings. The Bertz CT molecular complexity index is 1190. The molecule has 0 saturated carbocycles. The van der Waals surface area contributed by atoms with Crippen LogP contribution in [0.5, 0.6) is 5.75 Å². The number of rotatable bonds is 10. The summed E-state index contributed by atoms with van der Waals surface area (Å²) >= 11 is 1.85. The maximum atomic E-state index is 14.3. The monoisotopic (exact) mass is 572 g/mol. The smallest absolute Gasteiger partial charge is 0.216 e. The van der Waals surface area contributed by atoms with Crippen molar-refractivity contribution in [2.24, 2.45) is 0 Å². The molecular formula is C32H48O5SSi. The third-order valence-corrected chi connectivity index (χ3v) is 13.9. The fourth-order valence-corrected chi connectivity index (χ4v) is 6.36. The molecule has 0 amide bonds. The topological polar surface area (TPSA) is 65.0 Å². The van der Waals surface area contributed by atoms with Gasteiger partial charge in [0.2, 0.25) is 11.4 Å². The zero-order valence-electron chi connectivity index (χ0n) is 25.8. The van der Waals surface area contributed by atoms with E-state index in [0.29, 0.717) is 11.3 Å². The van der Waals surface area contributed by atoms with Gasteiger partial charge in [-0.15, -0.1) is 0 Å². The average molecular weight is 573 g/mol. The number of ketones is 1. The van der Waals surface area contributed by atoms with Crippen LogP contribution in [0.1, 0.15) is 75.5 Å². The van der Waals surface area contributed by atoms with Gasteiger partial charge in [0.25, 0.3) is 0 Å². The Kier molecular flexibility index (Phi) is 9.55. The standard InChI is InChI=1S/C32H48O5SSi/c1-21-15-26-28(23(3)27(21)25-14-12-13-24(16-25)17-33)29(34)32(37-26,20-36-39(10,11)31(7,8)9)19-35-22(2)18-38-30(4,5)6/h12-16,22,33H,17-20H2,1-11H3/t22-,32?/m0/s1. The van der Waals surface area contributed by atoms with Crippen molar-refractivity contribution in [2.45, 2.75) is 104 Å². The van der Waals surface area contributed by atoms with E-state index >= 15 is 0 Å². The van der Waals surface area contributed by atoms with E-state index in [9.17, 15) is 9.90 Å². The number of carbonyl (C=O) groups is 1. The summed E-state index contributed by atoms with van der Waals surface area (Å²) < 4.78 is 19.7. The van der Waals surface area contributed by atoms with Crippen LogP contribution in [-0.4, -0.2) is 54.6 Å². The van der Waals surface area contributed by atoms with Crippen LogP contribution in [0.25, 0.3) is 11.1 Å². The molecule has 0 aliphatic carbocycles. The van der Waals surface area contributed by atoms with Crippen molar-refractivity contribution in [3.8, 4) is 16.9 Å². The highest BCUT2D eigenvalue weighted by molar-refractivity contribution is 8.00. The van der Waals surface area contributed by atoms with E-state index in [1.54, 1.807) is 0 Å². The Labute approximate surface area is 241 Å². The number of hydrogen-bond donors (Lipinski definition) is 1. The van der Waals surface area contributed by atoms with E-state index in [1.807, 2.05) is 55.9 Å². The van der Waals surface area contributed by atoms with Gasteiger partial charge in [0, 0.05) is 10.5 Å². The minimum absolute atomic E-state index is 0.00239. The van der Waals surface area contributed by atoms with Crippen molar-refractivity contribution in [2.75, 3.05) is 19.0 Å². The van der Waals surface area contributed by atoms with Crippen LogP contribution in [0, 0.1) is 13.8 Å². The summed E-state index contributed by atoms with van der Waals surface area (Å²) in [5.41, 5.74) is 4.08. The third-order valence-electron chi connectivity index (χ3n) is 7.91. The Morgan fingerprint density at radius 2 is 1.72 bits per heavy atom. The molecule has 216 valence electrons. The molecule has 1 aliphatic rings. The first kappa shape index (κ1) is 31.9. The lowest BCUT2D eigenvalue weighted by Crippen LogP contribution is -2.54. The second-order valence-corrected chi connectivity index (χ2v) is 20.1. The molecule has 2 atom stereocenters. The predicted octanol–water partition coefficient (Wildman–Crippen LogP) is 7.74. The largest absolute Gasteiger partial charge is 0.473 e. The van der Waals surface area contributed by atoms with Gasteiger partial charge in [0.1, 0.15) is 5.75 Å². The van der Waals surface area contributed by atoms with Crippen LogP contribution in [0.2, 0.25) is 18.1 Å². The average Bonchev–Trinajstić information content (AvgIpc) is 3.10. The number of thioether (sulfide) groups is 1. The molecule has 3 rings (SSSR count). The van der Waals surface area contributed by atoms with E-state index in [0.717, 1.165) is 33.6 Å². The summed E-state index contributed by atoms with van der Waals surface area (Å²) in [5, 5.41) is 9.68. The first-order valence-corrected chi connectivity index (χ1v) is 17.8. The molecule has 1 aliphatic heterocycles. The quantitative estimate of drug-likeness (QED) is 0.294. The first-order chi connectivity index (χ1) is 17.9. The van der Waals surface area contributed by atoms with Crippen molar-refractivity contribution >= 4 is 25.9 Å². The Morgan fingerprint density at radius 3 is 2.31 bits per heavy atom. The highest BCUT2D eigenvalue weighted by atomic mass is 32.2. The van der Waals surface area contributed by atoms with Gasteiger partial charge in [-0.3, -0.25) is 4.79 Å². The molecule has 5 nitrogen and oxygen atoms in total. The lowest BCUT2D eigenvalue weighted by molar-refractivity contribution is -0.0443. The van der Waals surface area contributed by atoms with Crippen LogP contribution in [-0.2, 0) is 15.8 Å². The lowest BCUT2D eigenvalue weighted by Gasteiger charge is -2.39. The third kappa shape index (κ3) is 7.17. The van der Waals surface area contributed by atoms with Crippen molar-refractivity contribution < 1.29 is 23.8 Å². The molecule has 1 heterocycles. The van der Waals surface area contributed by atoms with Gasteiger partial charge in [-0.1, -0.05) is 59.7 Å². The van der Waals surface area contributed by atoms with Gasteiger partial charge in [-0.25, -0.2) is 0 Å². The number of hydrogen-bond acceptors (Lipinski definition) is 6. The number of benzene rings is 2. The van der Waals surface area contributed by atoms with E-state index in [2.05, 4.69) is 61.6 Å². The number of fused-ring (bicyclic) bond motifs is 1. The molecule has 0 radical (unpaired) electrons. The van der Waals surface area contributed by atoms with Crippen molar-refractivity contribution in [1.29, 1.82) is 0 Å². The molecule has 0 saturated heterocycles. The number of carbonyl (C=O) groups excluding carboxylic acids is 1. The Morgan fingerprint density at radius 1 is 1.05 bits per heavy atom. The lowest BCUT2D eigenvalue weighted by atomic mass is 9.87. The van der Waals surface area contributed by atoms with Gasteiger partial charge in [-0.05, 0) is 78.9 Å². The second kappa shape index (κ2) is 11.7. The van der Waals surface area contributed by atoms with Crippen LogP contribution in [0.4, 0.5) is 0 Å². The number of ether oxygens (including phenoxy) is 2. The molecule has 0 bridgehead atoms. The molecule has 7 heteroatoms. The summed E-state index contributed by atoms with van der Waals surface area (Å²) in [5.74, 6) is 1.34. The molecule has 39 heavy (non-hydrogen) atoms. The van der Waals surface area contributed by atoms with Crippen molar-refractivity contribution in [1.82, 2.24) is 0 Å². The molecule has 1 unspecified atom stereocenters. The van der Waals surface area contributed by atoms with Crippen LogP contribution >= 0.6 is 11.8 Å². The molecule has 2 aromatic carbocycles. The highest BCUT2D eigenvalue weighted by Crippen LogP contribution is 2.45. The molecule has 1 N–H and O–H groups in total. The first-order valence-electron chi connectivity index (χ1n) is 13.9. The van der Waals surface area contributed by atoms with Crippen LogP contribution in [0.15, 0.2) is 30.3 Å². The second-order valence-electron chi connectivity index (χ2n) is 13.4. The number of Topliss-reactive ketones (excluding diaryl/α,β-unsaturated/α-hetero) is 1. The van der Waals surface area contributed by atoms with Crippen molar-refractivity contribution in [3.63, 3.8) is 0 Å². The van der Waals surface area contributed by atoms with E-state index < -0.39 is 13.9 Å². The van der Waals surface area contributed by atoms with E-state index in [4.69, 9.17) is 13.9 Å². The summed E-state index contributed by atoms with van der Waals surface area (Å²) in [6.07, 6.45) is -0.0429. The SMILES string of the molecule is Cc1cc2c(c(C)c1-c1cccc(CO)c1)C(=O)C(CO[C@@H](C)CSC(C)(C)C)(CO[Si](C)(C)C(C)(C)C)O2. The summed E-state index contributed by atoms with van der Waals surface area (Å²) in [4.78, 5) is 14.3. The maximum absolute atomic E-state index is 14.3. The molecule has 0 fully saturated rings. The number of aliphatic hydroxyl groups is 1. The van der Waals surface area contributed by atoms with Crippen LogP contribution in [0.3, 0.4) is 0 Å². The summed E-state index contributed by atoms with van der Waals surface area (Å²) in [6, 6.07) is 9.80. The fourth-order valence-electron chi connectivity index (χ4n) is 4.50.